The largest absolute Gasteiger partial charge is 0.473 e. The summed E-state index contributed by atoms with van der Waals surface area (Å²) in [6, 6.07) is 1.95. The van der Waals surface area contributed by atoms with E-state index in [1.165, 1.54) is 0 Å². The lowest BCUT2D eigenvalue weighted by Crippen LogP contribution is -2.26. The van der Waals surface area contributed by atoms with Crippen LogP contribution in [-0.4, -0.2) is 38.1 Å². The number of pyridine rings is 1. The van der Waals surface area contributed by atoms with Crippen molar-refractivity contribution in [2.24, 2.45) is 13.0 Å². The number of nitrogens with zero attached hydrogens (tertiary/aromatic N) is 4. The van der Waals surface area contributed by atoms with Gasteiger partial charge in [-0.3, -0.25) is 4.79 Å². The molecule has 8 heteroatoms. The van der Waals surface area contributed by atoms with E-state index in [0.717, 1.165) is 27.4 Å². The molecular weight excluding hydrogens is 374 g/mol. The summed E-state index contributed by atoms with van der Waals surface area (Å²) >= 11 is 1.64. The molecule has 148 valence electrons. The van der Waals surface area contributed by atoms with Gasteiger partial charge in [-0.2, -0.15) is 0 Å². The molecule has 3 aromatic heterocycles. The highest BCUT2D eigenvalue weighted by Gasteiger charge is 2.29. The standard InChI is InChI=1S/C20H25N5O2S/c1-11(12-6-16(26)21-8-12)27-18-17-14(22-10-25(17)5)7-13(23-18)15-9-28-19(24-15)20(2,3)4/h7,9-12H,6,8H2,1-5H3,(H,21,26)/t11-,12-/m1/s1. The Bertz CT molecular complexity index is 1030. The van der Waals surface area contributed by atoms with Crippen LogP contribution < -0.4 is 10.1 Å². The number of amides is 1. The Kier molecular flexibility index (Phi) is 4.61. The Morgan fingerprint density at radius 3 is 2.75 bits per heavy atom. The number of carbonyl (C=O) groups is 1. The predicted molar refractivity (Wildman–Crippen MR) is 110 cm³/mol. The quantitative estimate of drug-likeness (QED) is 0.728. The lowest BCUT2D eigenvalue weighted by atomic mass is 9.98. The number of nitrogens with one attached hydrogen (secondary N) is 1. The number of thiazole rings is 1. The number of imidazole rings is 1. The molecule has 1 saturated heterocycles. The van der Waals surface area contributed by atoms with E-state index in [1.54, 1.807) is 17.7 Å². The van der Waals surface area contributed by atoms with E-state index in [-0.39, 0.29) is 23.3 Å². The van der Waals surface area contributed by atoms with Crippen LogP contribution in [0.3, 0.4) is 0 Å². The Balaban J connectivity index is 1.72. The Morgan fingerprint density at radius 1 is 1.32 bits per heavy atom. The number of hydrogen-bond donors (Lipinski definition) is 1. The van der Waals surface area contributed by atoms with E-state index in [9.17, 15) is 4.79 Å². The van der Waals surface area contributed by atoms with Gasteiger partial charge in [-0.1, -0.05) is 20.8 Å². The molecule has 2 atom stereocenters. The SMILES string of the molecule is C[C@@H](Oc1nc(-c2csc(C(C)(C)C)n2)cc2ncn(C)c12)[C@H]1CNC(=O)C1. The van der Waals surface area contributed by atoms with Gasteiger partial charge in [0.25, 0.3) is 0 Å². The molecule has 0 saturated carbocycles. The predicted octanol–water partition coefficient (Wildman–Crippen LogP) is 3.29. The summed E-state index contributed by atoms with van der Waals surface area (Å²) < 4.78 is 8.16. The zero-order valence-electron chi connectivity index (χ0n) is 16.8. The van der Waals surface area contributed by atoms with Crippen molar-refractivity contribution in [3.05, 3.63) is 22.8 Å². The molecule has 7 nitrogen and oxygen atoms in total. The topological polar surface area (TPSA) is 81.9 Å². The second-order valence-electron chi connectivity index (χ2n) is 8.42. The molecule has 3 aromatic rings. The Hall–Kier alpha value is -2.48. The molecule has 1 aliphatic rings. The van der Waals surface area contributed by atoms with Crippen molar-refractivity contribution in [1.29, 1.82) is 0 Å². The summed E-state index contributed by atoms with van der Waals surface area (Å²) in [4.78, 5) is 25.6. The molecule has 1 aliphatic heterocycles. The first-order chi connectivity index (χ1) is 13.2. The molecule has 0 unspecified atom stereocenters. The number of fused-ring (bicyclic) bond motifs is 1. The first kappa shape index (κ1) is 18.9. The third-order valence-electron chi connectivity index (χ3n) is 5.04. The number of aromatic nitrogens is 4. The van der Waals surface area contributed by atoms with E-state index in [0.29, 0.717) is 18.8 Å². The Labute approximate surface area is 168 Å². The average Bonchev–Trinajstić information content (AvgIpc) is 3.34. The minimum absolute atomic E-state index is 0.00608. The van der Waals surface area contributed by atoms with E-state index >= 15 is 0 Å². The fourth-order valence-electron chi connectivity index (χ4n) is 3.32. The van der Waals surface area contributed by atoms with Gasteiger partial charge in [0.15, 0.2) is 0 Å². The van der Waals surface area contributed by atoms with Gasteiger partial charge in [0.1, 0.15) is 17.3 Å². The van der Waals surface area contributed by atoms with Crippen molar-refractivity contribution in [3.63, 3.8) is 0 Å². The van der Waals surface area contributed by atoms with Gasteiger partial charge >= 0.3 is 0 Å². The van der Waals surface area contributed by atoms with Crippen molar-refractivity contribution in [2.75, 3.05) is 6.54 Å². The monoisotopic (exact) mass is 399 g/mol. The fraction of sp³-hybridized carbons (Fsp3) is 0.500. The molecule has 28 heavy (non-hydrogen) atoms. The van der Waals surface area contributed by atoms with Gasteiger partial charge in [-0.05, 0) is 13.0 Å². The van der Waals surface area contributed by atoms with Crippen LogP contribution in [0.5, 0.6) is 5.88 Å². The first-order valence-electron chi connectivity index (χ1n) is 9.44. The summed E-state index contributed by atoms with van der Waals surface area (Å²) in [5.74, 6) is 0.739. The van der Waals surface area contributed by atoms with Gasteiger partial charge in [0.2, 0.25) is 11.8 Å². The van der Waals surface area contributed by atoms with E-state index < -0.39 is 0 Å². The van der Waals surface area contributed by atoms with Crippen molar-refractivity contribution in [1.82, 2.24) is 24.8 Å². The van der Waals surface area contributed by atoms with Crippen LogP contribution in [0.25, 0.3) is 22.4 Å². The van der Waals surface area contributed by atoms with Crippen LogP contribution in [0.2, 0.25) is 0 Å². The molecule has 1 amide bonds. The highest BCUT2D eigenvalue weighted by Crippen LogP contribution is 2.33. The van der Waals surface area contributed by atoms with Gasteiger partial charge in [-0.25, -0.2) is 15.0 Å². The van der Waals surface area contributed by atoms with E-state index in [1.807, 2.05) is 30.0 Å². The number of ether oxygens (including phenoxy) is 1. The molecule has 0 aliphatic carbocycles. The maximum atomic E-state index is 11.6. The minimum Gasteiger partial charge on any atom is -0.473 e. The number of aryl methyl sites for hydroxylation is 1. The fourth-order valence-corrected chi connectivity index (χ4v) is 4.22. The maximum Gasteiger partial charge on any atom is 0.241 e. The first-order valence-corrected chi connectivity index (χ1v) is 10.3. The second kappa shape index (κ2) is 6.84. The maximum absolute atomic E-state index is 11.6. The second-order valence-corrected chi connectivity index (χ2v) is 9.27. The van der Waals surface area contributed by atoms with Crippen molar-refractivity contribution in [3.8, 4) is 17.3 Å². The number of hydrogen-bond acceptors (Lipinski definition) is 6. The number of carbonyl (C=O) groups excluding carboxylic acids is 1. The summed E-state index contributed by atoms with van der Waals surface area (Å²) in [6.07, 6.45) is 2.10. The van der Waals surface area contributed by atoms with Crippen molar-refractivity contribution < 1.29 is 9.53 Å². The van der Waals surface area contributed by atoms with Crippen molar-refractivity contribution >= 4 is 28.3 Å². The summed E-state index contributed by atoms with van der Waals surface area (Å²) in [6.45, 7) is 9.08. The molecule has 1 N–H and O–H groups in total. The van der Waals surface area contributed by atoms with Crippen LogP contribution in [0.15, 0.2) is 17.8 Å². The Morgan fingerprint density at radius 2 is 2.11 bits per heavy atom. The third kappa shape index (κ3) is 3.48. The zero-order chi connectivity index (χ0) is 20.1. The van der Waals surface area contributed by atoms with Crippen LogP contribution in [-0.2, 0) is 17.3 Å². The van der Waals surface area contributed by atoms with E-state index in [4.69, 9.17) is 14.7 Å². The van der Waals surface area contributed by atoms with Gasteiger partial charge in [-0.15, -0.1) is 11.3 Å². The van der Waals surface area contributed by atoms with Crippen LogP contribution in [0, 0.1) is 5.92 Å². The molecule has 4 rings (SSSR count). The summed E-state index contributed by atoms with van der Waals surface area (Å²) in [5.41, 5.74) is 3.24. The molecule has 0 bridgehead atoms. The zero-order valence-corrected chi connectivity index (χ0v) is 17.6. The van der Waals surface area contributed by atoms with Crippen LogP contribution >= 0.6 is 11.3 Å². The van der Waals surface area contributed by atoms with E-state index in [2.05, 4.69) is 31.1 Å². The average molecular weight is 400 g/mol. The van der Waals surface area contributed by atoms with Gasteiger partial charge in [0.05, 0.1) is 22.5 Å². The third-order valence-corrected chi connectivity index (χ3v) is 6.31. The lowest BCUT2D eigenvalue weighted by Gasteiger charge is -2.20. The van der Waals surface area contributed by atoms with Crippen LogP contribution in [0.4, 0.5) is 0 Å². The highest BCUT2D eigenvalue weighted by molar-refractivity contribution is 7.10. The molecule has 0 radical (unpaired) electrons. The summed E-state index contributed by atoms with van der Waals surface area (Å²) in [7, 11) is 1.93. The number of rotatable bonds is 4. The lowest BCUT2D eigenvalue weighted by molar-refractivity contribution is -0.119. The molecule has 0 spiro atoms. The summed E-state index contributed by atoms with van der Waals surface area (Å²) in [5, 5.41) is 5.97. The molecule has 4 heterocycles. The molecule has 1 fully saturated rings. The van der Waals surface area contributed by atoms with Gasteiger partial charge in [0, 0.05) is 36.7 Å². The van der Waals surface area contributed by atoms with Gasteiger partial charge < -0.3 is 14.6 Å². The smallest absolute Gasteiger partial charge is 0.241 e. The van der Waals surface area contributed by atoms with Crippen LogP contribution in [0.1, 0.15) is 39.1 Å². The minimum atomic E-state index is -0.139. The molecule has 0 aromatic carbocycles. The molecular formula is C20H25N5O2S. The normalized spacial score (nSPS) is 18.5. The van der Waals surface area contributed by atoms with Crippen molar-refractivity contribution in [2.45, 2.75) is 45.6 Å². The highest BCUT2D eigenvalue weighted by atomic mass is 32.1.